The van der Waals surface area contributed by atoms with Crippen LogP contribution in [0, 0.1) is 12.7 Å². The fourth-order valence-electron chi connectivity index (χ4n) is 4.03. The number of rotatable bonds is 8. The minimum absolute atomic E-state index is 0.000782. The molecular weight excluding hydrogens is 469 g/mol. The Hall–Kier alpha value is -3.08. The Kier molecular flexibility index (Phi) is 8.27. The van der Waals surface area contributed by atoms with Gasteiger partial charge < -0.3 is 30.3 Å². The molecule has 1 aromatic heterocycles. The van der Waals surface area contributed by atoms with E-state index in [0.29, 0.717) is 55.3 Å². The second kappa shape index (κ2) is 11.6. The van der Waals surface area contributed by atoms with E-state index in [9.17, 15) is 9.18 Å². The summed E-state index contributed by atoms with van der Waals surface area (Å²) in [6, 6.07) is 6.60. The average Bonchev–Trinajstić information content (AvgIpc) is 2.85. The molecule has 1 atom stereocenters. The van der Waals surface area contributed by atoms with E-state index in [1.807, 2.05) is 6.07 Å². The number of hydrogen-bond acceptors (Lipinski definition) is 7. The van der Waals surface area contributed by atoms with Gasteiger partial charge in [0.25, 0.3) is 5.91 Å². The molecule has 0 bridgehead atoms. The van der Waals surface area contributed by atoms with Crippen molar-refractivity contribution < 1.29 is 18.7 Å². The average molecular weight is 500 g/mol. The third kappa shape index (κ3) is 6.33. The van der Waals surface area contributed by atoms with Crippen molar-refractivity contribution in [2.75, 3.05) is 45.2 Å². The van der Waals surface area contributed by atoms with Gasteiger partial charge in [0.05, 0.1) is 18.4 Å². The highest BCUT2D eigenvalue weighted by Gasteiger charge is 2.25. The maximum absolute atomic E-state index is 14.0. The number of aromatic nitrogens is 1. The fourth-order valence-corrected chi connectivity index (χ4v) is 4.36. The summed E-state index contributed by atoms with van der Waals surface area (Å²) in [4.78, 5) is 19.4. The molecular formula is C25H30FN5O3S. The van der Waals surface area contributed by atoms with Gasteiger partial charge in [-0.25, -0.2) is 4.39 Å². The zero-order valence-corrected chi connectivity index (χ0v) is 20.7. The molecule has 0 radical (unpaired) electrons. The van der Waals surface area contributed by atoms with Crippen molar-refractivity contribution >= 4 is 28.8 Å². The highest BCUT2D eigenvalue weighted by Crippen LogP contribution is 2.22. The van der Waals surface area contributed by atoms with Gasteiger partial charge in [-0.15, -0.1) is 0 Å². The number of nitrogens with one attached hydrogen (secondary N) is 3. The lowest BCUT2D eigenvalue weighted by Crippen LogP contribution is -2.42. The Morgan fingerprint density at radius 1 is 1.40 bits per heavy atom. The largest absolute Gasteiger partial charge is 0.489 e. The number of thiocarbonyl (C=S) groups is 1. The number of pyridine rings is 1. The quantitative estimate of drug-likeness (QED) is 0.478. The van der Waals surface area contributed by atoms with Crippen LogP contribution in [0.1, 0.15) is 17.5 Å². The predicted octanol–water partition coefficient (Wildman–Crippen LogP) is 2.54. The third-order valence-corrected chi connectivity index (χ3v) is 6.37. The van der Waals surface area contributed by atoms with Crippen LogP contribution in [0.25, 0.3) is 0 Å². The normalized spacial score (nSPS) is 18.7. The number of benzene rings is 1. The van der Waals surface area contributed by atoms with E-state index in [4.69, 9.17) is 21.7 Å². The van der Waals surface area contributed by atoms with Crippen LogP contribution in [0.3, 0.4) is 0 Å². The second-order valence-corrected chi connectivity index (χ2v) is 9.04. The van der Waals surface area contributed by atoms with Crippen LogP contribution in [0.4, 0.5) is 10.1 Å². The van der Waals surface area contributed by atoms with Crippen molar-refractivity contribution in [3.05, 3.63) is 64.9 Å². The number of carbonyl (C=O) groups excluding carboxylic acids is 1. The molecule has 1 fully saturated rings. The Morgan fingerprint density at radius 3 is 3.09 bits per heavy atom. The molecule has 2 aliphatic rings. The Balaban J connectivity index is 1.46. The molecule has 0 spiro atoms. The van der Waals surface area contributed by atoms with Crippen molar-refractivity contribution in [2.24, 2.45) is 0 Å². The predicted molar refractivity (Wildman–Crippen MR) is 136 cm³/mol. The number of halogens is 1. The number of hydrogen-bond donors (Lipinski definition) is 3. The van der Waals surface area contributed by atoms with E-state index in [1.54, 1.807) is 31.5 Å². The molecule has 2 aromatic rings. The maximum Gasteiger partial charge on any atom is 0.256 e. The summed E-state index contributed by atoms with van der Waals surface area (Å²) in [6.45, 7) is 5.44. The van der Waals surface area contributed by atoms with E-state index in [2.05, 4.69) is 32.9 Å². The number of carbonyl (C=O) groups is 1. The fraction of sp³-hybridized carbons (Fsp3) is 0.400. The van der Waals surface area contributed by atoms with Crippen molar-refractivity contribution in [1.29, 1.82) is 0 Å². The molecule has 2 aliphatic heterocycles. The minimum atomic E-state index is -0.339. The standard InChI is InChI=1S/C25H30FN5O3S/c1-16-19(26)4-3-5-20(16)30-25(35)23-21(7-9-28-24(23)32)29-12-17-6-8-27-13-22(17)34-15-18-14-31(2)10-11-33-18/h3-6,8,13,18,29H,7,9-12,14-15H2,1-2H3,(H,28,32)(H,30,35)/t18-/m0/s1. The summed E-state index contributed by atoms with van der Waals surface area (Å²) in [5.74, 6) is 0.0547. The van der Waals surface area contributed by atoms with Crippen LogP contribution < -0.4 is 20.7 Å². The summed E-state index contributed by atoms with van der Waals surface area (Å²) in [5, 5.41) is 9.23. The number of ether oxygens (including phenoxy) is 2. The molecule has 4 rings (SSSR count). The van der Waals surface area contributed by atoms with Crippen LogP contribution >= 0.6 is 12.2 Å². The van der Waals surface area contributed by atoms with E-state index < -0.39 is 0 Å². The number of anilines is 1. The van der Waals surface area contributed by atoms with Crippen LogP contribution in [0.5, 0.6) is 5.75 Å². The first-order chi connectivity index (χ1) is 16.9. The molecule has 1 amide bonds. The monoisotopic (exact) mass is 499 g/mol. The Morgan fingerprint density at radius 2 is 2.26 bits per heavy atom. The van der Waals surface area contributed by atoms with Crippen LogP contribution in [-0.2, 0) is 16.1 Å². The highest BCUT2D eigenvalue weighted by molar-refractivity contribution is 7.81. The van der Waals surface area contributed by atoms with Gasteiger partial charge in [0.15, 0.2) is 0 Å². The Labute approximate surface area is 209 Å². The summed E-state index contributed by atoms with van der Waals surface area (Å²) >= 11 is 5.55. The first-order valence-corrected chi connectivity index (χ1v) is 12.0. The summed E-state index contributed by atoms with van der Waals surface area (Å²) < 4.78 is 25.8. The molecule has 0 aliphatic carbocycles. The Bertz CT molecular complexity index is 1130. The molecule has 1 saturated heterocycles. The lowest BCUT2D eigenvalue weighted by atomic mass is 10.1. The zero-order chi connectivity index (χ0) is 24.8. The first kappa shape index (κ1) is 25.0. The topological polar surface area (TPSA) is 87.8 Å². The van der Waals surface area contributed by atoms with Gasteiger partial charge in [-0.05, 0) is 32.2 Å². The van der Waals surface area contributed by atoms with Crippen molar-refractivity contribution in [3.8, 4) is 5.75 Å². The molecule has 10 heteroatoms. The second-order valence-electron chi connectivity index (χ2n) is 8.63. The highest BCUT2D eigenvalue weighted by atomic mass is 32.1. The summed E-state index contributed by atoms with van der Waals surface area (Å²) in [6.07, 6.45) is 3.98. The van der Waals surface area contributed by atoms with Gasteiger partial charge in [0.2, 0.25) is 0 Å². The summed E-state index contributed by atoms with van der Waals surface area (Å²) in [5.41, 5.74) is 2.95. The first-order valence-electron chi connectivity index (χ1n) is 11.6. The van der Waals surface area contributed by atoms with E-state index >= 15 is 0 Å². The van der Waals surface area contributed by atoms with Crippen molar-refractivity contribution in [2.45, 2.75) is 26.0 Å². The third-order valence-electron chi connectivity index (χ3n) is 6.06. The van der Waals surface area contributed by atoms with Gasteiger partial charge in [0.1, 0.15) is 29.3 Å². The zero-order valence-electron chi connectivity index (χ0n) is 19.9. The molecule has 1 aromatic carbocycles. The van der Waals surface area contributed by atoms with Crippen molar-refractivity contribution in [1.82, 2.24) is 20.5 Å². The van der Waals surface area contributed by atoms with Crippen molar-refractivity contribution in [3.63, 3.8) is 0 Å². The number of amides is 1. The van der Waals surface area contributed by atoms with Gasteiger partial charge in [-0.3, -0.25) is 9.78 Å². The van der Waals surface area contributed by atoms with Gasteiger partial charge >= 0.3 is 0 Å². The van der Waals surface area contributed by atoms with Gasteiger partial charge in [-0.1, -0.05) is 18.3 Å². The molecule has 3 N–H and O–H groups in total. The maximum atomic E-state index is 14.0. The van der Waals surface area contributed by atoms with Crippen LogP contribution in [-0.4, -0.2) is 66.8 Å². The smallest absolute Gasteiger partial charge is 0.256 e. The molecule has 0 saturated carbocycles. The SMILES string of the molecule is Cc1c(F)cccc1NC(=S)C1=C(NCc2ccncc2OC[C@@H]2CN(C)CCO2)CCNC1=O. The van der Waals surface area contributed by atoms with Gasteiger partial charge in [-0.2, -0.15) is 0 Å². The lowest BCUT2D eigenvalue weighted by Gasteiger charge is -2.30. The molecule has 3 heterocycles. The van der Waals surface area contributed by atoms with E-state index in [0.717, 1.165) is 24.4 Å². The number of likely N-dealkylation sites (N-methyl/N-ethyl adjacent to an activating group) is 1. The molecule has 0 unspecified atom stereocenters. The van der Waals surface area contributed by atoms with Gasteiger partial charge in [0, 0.05) is 61.3 Å². The minimum Gasteiger partial charge on any atom is -0.489 e. The molecule has 8 nitrogen and oxygen atoms in total. The van der Waals surface area contributed by atoms with Crippen LogP contribution in [0.15, 0.2) is 47.9 Å². The molecule has 186 valence electrons. The van der Waals surface area contributed by atoms with E-state index in [-0.39, 0.29) is 22.8 Å². The lowest BCUT2D eigenvalue weighted by molar-refractivity contribution is -0.117. The van der Waals surface area contributed by atoms with E-state index in [1.165, 1.54) is 6.07 Å². The van der Waals surface area contributed by atoms with Crippen LogP contribution in [0.2, 0.25) is 0 Å². The summed E-state index contributed by atoms with van der Waals surface area (Å²) in [7, 11) is 2.06. The number of nitrogens with zero attached hydrogens (tertiary/aromatic N) is 2. The molecule has 35 heavy (non-hydrogen) atoms. The number of morpholine rings is 1.